The van der Waals surface area contributed by atoms with Gasteiger partial charge in [0.1, 0.15) is 5.78 Å². The third-order valence-electron chi connectivity index (χ3n) is 1.57. The summed E-state index contributed by atoms with van der Waals surface area (Å²) in [7, 11) is 0. The number of carbonyl (C=O) groups excluding carboxylic acids is 2. The second-order valence-corrected chi connectivity index (χ2v) is 3.98. The van der Waals surface area contributed by atoms with Crippen LogP contribution in [0.5, 0.6) is 0 Å². The summed E-state index contributed by atoms with van der Waals surface area (Å²) in [5.41, 5.74) is -0.266. The Balaban J connectivity index is 4.46. The molecule has 1 amide bonds. The van der Waals surface area contributed by atoms with Crippen molar-refractivity contribution in [3.05, 3.63) is 0 Å². The fraction of sp³-hybridized carbons (Fsp3) is 0.778. The van der Waals surface area contributed by atoms with Gasteiger partial charge < -0.3 is 4.90 Å². The summed E-state index contributed by atoms with van der Waals surface area (Å²) in [4.78, 5) is 23.5. The molecule has 0 radical (unpaired) electrons. The first-order valence-corrected chi connectivity index (χ1v) is 4.03. The third-order valence-corrected chi connectivity index (χ3v) is 1.57. The fourth-order valence-electron chi connectivity index (χ4n) is 1.04. The van der Waals surface area contributed by atoms with Crippen LogP contribution in [0.3, 0.4) is 0 Å². The van der Waals surface area contributed by atoms with E-state index in [0.717, 1.165) is 0 Å². The molecule has 70 valence electrons. The molecule has 0 aliphatic heterocycles. The highest BCUT2D eigenvalue weighted by molar-refractivity contribution is 5.84. The first kappa shape index (κ1) is 11.1. The first-order chi connectivity index (χ1) is 5.25. The number of amides is 1. The normalized spacial score (nSPS) is 11.1. The molecule has 0 spiro atoms. The van der Waals surface area contributed by atoms with E-state index in [0.29, 0.717) is 0 Å². The predicted molar refractivity (Wildman–Crippen MR) is 47.8 cm³/mol. The minimum Gasteiger partial charge on any atom is -0.331 e. The lowest BCUT2D eigenvalue weighted by atomic mass is 10.1. The van der Waals surface area contributed by atoms with Gasteiger partial charge in [0.25, 0.3) is 0 Å². The molecule has 12 heavy (non-hydrogen) atoms. The molecule has 0 saturated heterocycles. The van der Waals surface area contributed by atoms with Crippen LogP contribution in [0.4, 0.5) is 0 Å². The molecule has 0 aliphatic carbocycles. The standard InChI is InChI=1S/C9H17NO2/c1-7(11)6-10(8(2)12)9(3,4)5/h6H2,1-5H3. The number of Topliss-reactive ketones (excluding diaryl/α,β-unsaturated/α-hetero) is 1. The first-order valence-electron chi connectivity index (χ1n) is 4.03. The number of nitrogens with zero attached hydrogens (tertiary/aromatic N) is 1. The van der Waals surface area contributed by atoms with E-state index in [9.17, 15) is 9.59 Å². The Bertz CT molecular complexity index is 191. The van der Waals surface area contributed by atoms with Gasteiger partial charge in [0.05, 0.1) is 6.54 Å². The molecule has 0 heterocycles. The van der Waals surface area contributed by atoms with E-state index in [4.69, 9.17) is 0 Å². The van der Waals surface area contributed by atoms with Crippen molar-refractivity contribution < 1.29 is 9.59 Å². The van der Waals surface area contributed by atoms with Gasteiger partial charge in [-0.25, -0.2) is 0 Å². The number of ketones is 1. The lowest BCUT2D eigenvalue weighted by Gasteiger charge is -2.34. The molecule has 3 nitrogen and oxygen atoms in total. The topological polar surface area (TPSA) is 37.4 Å². The lowest BCUT2D eigenvalue weighted by molar-refractivity contribution is -0.137. The number of hydrogen-bond acceptors (Lipinski definition) is 2. The molecule has 0 aliphatic rings. The van der Waals surface area contributed by atoms with Crippen LogP contribution in [0, 0.1) is 0 Å². The summed E-state index contributed by atoms with van der Waals surface area (Å²) in [5.74, 6) is -0.0437. The molecule has 0 saturated carbocycles. The smallest absolute Gasteiger partial charge is 0.220 e. The Labute approximate surface area is 73.7 Å². The molecule has 0 aromatic rings. The highest BCUT2D eigenvalue weighted by atomic mass is 16.2. The average molecular weight is 171 g/mol. The average Bonchev–Trinajstić information content (AvgIpc) is 1.79. The van der Waals surface area contributed by atoms with E-state index in [-0.39, 0.29) is 23.8 Å². The summed E-state index contributed by atoms with van der Waals surface area (Å²) >= 11 is 0. The molecule has 0 N–H and O–H groups in total. The Morgan fingerprint density at radius 2 is 1.58 bits per heavy atom. The molecule has 0 fully saturated rings. The molecule has 0 aromatic carbocycles. The van der Waals surface area contributed by atoms with Gasteiger partial charge in [-0.3, -0.25) is 9.59 Å². The Morgan fingerprint density at radius 1 is 1.17 bits per heavy atom. The molecule has 3 heteroatoms. The maximum absolute atomic E-state index is 11.1. The quantitative estimate of drug-likeness (QED) is 0.626. The van der Waals surface area contributed by atoms with Gasteiger partial charge >= 0.3 is 0 Å². The van der Waals surface area contributed by atoms with Crippen LogP contribution in [-0.2, 0) is 9.59 Å². The van der Waals surface area contributed by atoms with Crippen LogP contribution in [0.2, 0.25) is 0 Å². The van der Waals surface area contributed by atoms with Crippen molar-refractivity contribution in [2.45, 2.75) is 40.2 Å². The van der Waals surface area contributed by atoms with Gasteiger partial charge in [-0.05, 0) is 27.7 Å². The number of carbonyl (C=O) groups is 2. The lowest BCUT2D eigenvalue weighted by Crippen LogP contribution is -2.46. The van der Waals surface area contributed by atoms with Crippen LogP contribution < -0.4 is 0 Å². The third kappa shape index (κ3) is 3.51. The molecule has 0 atom stereocenters. The minimum atomic E-state index is -0.266. The van der Waals surface area contributed by atoms with Crippen molar-refractivity contribution in [1.82, 2.24) is 4.90 Å². The Morgan fingerprint density at radius 3 is 1.67 bits per heavy atom. The second kappa shape index (κ2) is 3.70. The van der Waals surface area contributed by atoms with E-state index in [1.165, 1.54) is 13.8 Å². The summed E-state index contributed by atoms with van der Waals surface area (Å²) in [6.45, 7) is 8.92. The molecular formula is C9H17NO2. The largest absolute Gasteiger partial charge is 0.331 e. The van der Waals surface area contributed by atoms with Crippen molar-refractivity contribution in [1.29, 1.82) is 0 Å². The fourth-order valence-corrected chi connectivity index (χ4v) is 1.04. The van der Waals surface area contributed by atoms with E-state index in [1.807, 2.05) is 20.8 Å². The number of hydrogen-bond donors (Lipinski definition) is 0. The predicted octanol–water partition coefficient (Wildman–Crippen LogP) is 1.22. The SMILES string of the molecule is CC(=O)CN(C(C)=O)C(C)(C)C. The van der Waals surface area contributed by atoms with Gasteiger partial charge in [-0.2, -0.15) is 0 Å². The molecule has 0 aromatic heterocycles. The van der Waals surface area contributed by atoms with Gasteiger partial charge in [-0.1, -0.05) is 0 Å². The maximum atomic E-state index is 11.1. The Hall–Kier alpha value is -0.860. The maximum Gasteiger partial charge on any atom is 0.220 e. The van der Waals surface area contributed by atoms with Crippen LogP contribution in [0.1, 0.15) is 34.6 Å². The van der Waals surface area contributed by atoms with E-state index >= 15 is 0 Å². The van der Waals surface area contributed by atoms with Gasteiger partial charge in [0, 0.05) is 12.5 Å². The van der Waals surface area contributed by atoms with Gasteiger partial charge in [0.2, 0.25) is 5.91 Å². The molecular weight excluding hydrogens is 154 g/mol. The van der Waals surface area contributed by atoms with Crippen molar-refractivity contribution in [3.8, 4) is 0 Å². The van der Waals surface area contributed by atoms with Gasteiger partial charge in [0.15, 0.2) is 0 Å². The minimum absolute atomic E-state index is 0.0140. The highest BCUT2D eigenvalue weighted by Crippen LogP contribution is 2.12. The summed E-state index contributed by atoms with van der Waals surface area (Å²) in [5, 5.41) is 0. The van der Waals surface area contributed by atoms with Gasteiger partial charge in [-0.15, -0.1) is 0 Å². The van der Waals surface area contributed by atoms with Crippen LogP contribution >= 0.6 is 0 Å². The van der Waals surface area contributed by atoms with E-state index < -0.39 is 0 Å². The zero-order valence-corrected chi connectivity index (χ0v) is 8.47. The van der Waals surface area contributed by atoms with Crippen LogP contribution in [-0.4, -0.2) is 28.7 Å². The van der Waals surface area contributed by atoms with Crippen molar-refractivity contribution in [2.24, 2.45) is 0 Å². The van der Waals surface area contributed by atoms with Crippen molar-refractivity contribution in [3.63, 3.8) is 0 Å². The molecule has 0 bridgehead atoms. The highest BCUT2D eigenvalue weighted by Gasteiger charge is 2.24. The Kier molecular flexibility index (Phi) is 3.43. The second-order valence-electron chi connectivity index (χ2n) is 3.98. The summed E-state index contributed by atoms with van der Waals surface area (Å²) < 4.78 is 0. The zero-order valence-electron chi connectivity index (χ0n) is 8.47. The van der Waals surface area contributed by atoms with Crippen LogP contribution in [0.15, 0.2) is 0 Å². The van der Waals surface area contributed by atoms with E-state index in [2.05, 4.69) is 0 Å². The summed E-state index contributed by atoms with van der Waals surface area (Å²) in [6, 6.07) is 0. The summed E-state index contributed by atoms with van der Waals surface area (Å²) in [6.07, 6.45) is 0. The van der Waals surface area contributed by atoms with Crippen molar-refractivity contribution in [2.75, 3.05) is 6.54 Å². The molecule has 0 rings (SSSR count). The molecule has 0 unspecified atom stereocenters. The van der Waals surface area contributed by atoms with Crippen LogP contribution in [0.25, 0.3) is 0 Å². The van der Waals surface area contributed by atoms with E-state index in [1.54, 1.807) is 4.90 Å². The zero-order chi connectivity index (χ0) is 9.94. The monoisotopic (exact) mass is 171 g/mol. The van der Waals surface area contributed by atoms with Crippen molar-refractivity contribution >= 4 is 11.7 Å². The number of rotatable bonds is 2.